The number of carbonyl (C=O) groups excluding carboxylic acids is 1. The van der Waals surface area contributed by atoms with Crippen LogP contribution in [0.4, 0.5) is 11.4 Å². The summed E-state index contributed by atoms with van der Waals surface area (Å²) in [6, 6.07) is 7.62. The lowest BCUT2D eigenvalue weighted by atomic mass is 10.1. The van der Waals surface area contributed by atoms with Crippen LogP contribution in [0, 0.1) is 10.1 Å². The van der Waals surface area contributed by atoms with Crippen LogP contribution in [0.15, 0.2) is 51.2 Å². The molecule has 0 unspecified atom stereocenters. The molecule has 0 saturated carbocycles. The SMILES string of the molecule is Cn1cnnc1Sc1ccc(C(=O)Nc2cc3c(cc2Br)OCCO3)cc1[N+](=O)[O-]. The number of carbonyl (C=O) groups is 1. The minimum Gasteiger partial charge on any atom is -0.486 e. The Balaban J connectivity index is 1.59. The molecule has 1 amide bonds. The van der Waals surface area contributed by atoms with Gasteiger partial charge in [-0.1, -0.05) is 0 Å². The number of amides is 1. The van der Waals surface area contributed by atoms with E-state index >= 15 is 0 Å². The van der Waals surface area contributed by atoms with E-state index in [1.54, 1.807) is 23.7 Å². The molecule has 12 heteroatoms. The van der Waals surface area contributed by atoms with Gasteiger partial charge in [0.05, 0.1) is 15.5 Å². The van der Waals surface area contributed by atoms with Crippen molar-refractivity contribution in [2.24, 2.45) is 7.05 Å². The molecule has 0 fully saturated rings. The van der Waals surface area contributed by atoms with Gasteiger partial charge in [-0.25, -0.2) is 0 Å². The van der Waals surface area contributed by atoms with Crippen molar-refractivity contribution in [1.29, 1.82) is 0 Å². The van der Waals surface area contributed by atoms with E-state index in [0.717, 1.165) is 11.8 Å². The molecule has 0 bridgehead atoms. The number of nitrogens with zero attached hydrogens (tertiary/aromatic N) is 4. The summed E-state index contributed by atoms with van der Waals surface area (Å²) in [6.45, 7) is 0.867. The fourth-order valence-electron chi connectivity index (χ4n) is 2.71. The van der Waals surface area contributed by atoms with Gasteiger partial charge in [-0.2, -0.15) is 0 Å². The second-order valence-corrected chi connectivity index (χ2v) is 8.06. The topological polar surface area (TPSA) is 121 Å². The van der Waals surface area contributed by atoms with Crippen LogP contribution >= 0.6 is 27.7 Å². The average Bonchev–Trinajstić information content (AvgIpc) is 3.13. The lowest BCUT2D eigenvalue weighted by Crippen LogP contribution is -2.17. The van der Waals surface area contributed by atoms with Gasteiger partial charge in [0.25, 0.3) is 11.6 Å². The molecular weight excluding hydrogens is 478 g/mol. The minimum absolute atomic E-state index is 0.144. The maximum atomic E-state index is 12.7. The number of anilines is 1. The largest absolute Gasteiger partial charge is 0.486 e. The van der Waals surface area contributed by atoms with Crippen molar-refractivity contribution in [2.45, 2.75) is 10.1 Å². The van der Waals surface area contributed by atoms with Gasteiger partial charge < -0.3 is 19.4 Å². The number of aromatic nitrogens is 3. The lowest BCUT2D eigenvalue weighted by molar-refractivity contribution is -0.387. The number of nitro groups is 1. The number of hydrogen-bond donors (Lipinski definition) is 1. The van der Waals surface area contributed by atoms with Crippen LogP contribution in [0.1, 0.15) is 10.4 Å². The number of rotatable bonds is 5. The number of nitro benzene ring substituents is 1. The van der Waals surface area contributed by atoms with Crippen LogP contribution in [0.3, 0.4) is 0 Å². The molecule has 30 heavy (non-hydrogen) atoms. The molecule has 4 rings (SSSR count). The molecule has 0 aliphatic carbocycles. The molecule has 2 aromatic carbocycles. The van der Waals surface area contributed by atoms with Crippen LogP contribution in [0.25, 0.3) is 0 Å². The number of nitrogens with one attached hydrogen (secondary N) is 1. The van der Waals surface area contributed by atoms with Gasteiger partial charge in [0.15, 0.2) is 16.7 Å². The summed E-state index contributed by atoms with van der Waals surface area (Å²) >= 11 is 4.48. The third-order valence-corrected chi connectivity index (χ3v) is 5.94. The summed E-state index contributed by atoms with van der Waals surface area (Å²) in [4.78, 5) is 24.1. The molecule has 10 nitrogen and oxygen atoms in total. The Kier molecular flexibility index (Phi) is 5.59. The summed E-state index contributed by atoms with van der Waals surface area (Å²) in [7, 11) is 1.74. The molecule has 154 valence electrons. The lowest BCUT2D eigenvalue weighted by Gasteiger charge is -2.20. The molecule has 2 heterocycles. The van der Waals surface area contributed by atoms with Gasteiger partial charge in [0, 0.05) is 35.3 Å². The molecule has 0 radical (unpaired) electrons. The van der Waals surface area contributed by atoms with Crippen molar-refractivity contribution < 1.29 is 19.2 Å². The van der Waals surface area contributed by atoms with Crippen molar-refractivity contribution in [3.05, 3.63) is 56.8 Å². The smallest absolute Gasteiger partial charge is 0.284 e. The van der Waals surface area contributed by atoms with E-state index in [9.17, 15) is 14.9 Å². The summed E-state index contributed by atoms with van der Waals surface area (Å²) in [5.41, 5.74) is 0.409. The highest BCUT2D eigenvalue weighted by Gasteiger charge is 2.21. The van der Waals surface area contributed by atoms with E-state index in [-0.39, 0.29) is 11.3 Å². The average molecular weight is 492 g/mol. The van der Waals surface area contributed by atoms with Crippen LogP contribution in [0.2, 0.25) is 0 Å². The highest BCUT2D eigenvalue weighted by Crippen LogP contribution is 2.39. The number of ether oxygens (including phenoxy) is 2. The van der Waals surface area contributed by atoms with Crippen molar-refractivity contribution in [3.63, 3.8) is 0 Å². The number of aryl methyl sites for hydroxylation is 1. The maximum Gasteiger partial charge on any atom is 0.284 e. The molecule has 0 spiro atoms. The van der Waals surface area contributed by atoms with Gasteiger partial charge in [0.2, 0.25) is 0 Å². The van der Waals surface area contributed by atoms with Gasteiger partial charge in [-0.3, -0.25) is 14.9 Å². The third-order valence-electron chi connectivity index (χ3n) is 4.17. The second-order valence-electron chi connectivity index (χ2n) is 6.20. The first kappa shape index (κ1) is 20.2. The molecule has 1 aliphatic rings. The zero-order valence-electron chi connectivity index (χ0n) is 15.5. The zero-order valence-corrected chi connectivity index (χ0v) is 17.9. The number of hydrogen-bond acceptors (Lipinski definition) is 8. The van der Waals surface area contributed by atoms with E-state index in [4.69, 9.17) is 9.47 Å². The Morgan fingerprint density at radius 1 is 1.27 bits per heavy atom. The minimum atomic E-state index is -0.532. The molecular formula is C18H14BrN5O5S. The predicted octanol–water partition coefficient (Wildman–Crippen LogP) is 3.66. The van der Waals surface area contributed by atoms with Crippen molar-refractivity contribution >= 4 is 45.0 Å². The normalized spacial score (nSPS) is 12.5. The summed E-state index contributed by atoms with van der Waals surface area (Å²) in [5, 5.41) is 22.5. The van der Waals surface area contributed by atoms with Crippen molar-refractivity contribution in [1.82, 2.24) is 14.8 Å². The molecule has 1 N–H and O–H groups in total. The standard InChI is InChI=1S/C18H14BrN5O5S/c1-23-9-20-22-18(23)30-16-3-2-10(6-13(16)24(26)27)17(25)21-12-8-15-14(7-11(12)19)28-4-5-29-15/h2-3,6-9H,4-5H2,1H3,(H,21,25). The fraction of sp³-hybridized carbons (Fsp3) is 0.167. The fourth-order valence-corrected chi connectivity index (χ4v) is 3.98. The van der Waals surface area contributed by atoms with E-state index < -0.39 is 10.8 Å². The van der Waals surface area contributed by atoms with Crippen LogP contribution in [-0.2, 0) is 7.05 Å². The summed E-state index contributed by atoms with van der Waals surface area (Å²) < 4.78 is 13.3. The van der Waals surface area contributed by atoms with Gasteiger partial charge in [-0.05, 0) is 39.8 Å². The maximum absolute atomic E-state index is 12.7. The van der Waals surface area contributed by atoms with Crippen LogP contribution in [0.5, 0.6) is 11.5 Å². The Morgan fingerprint density at radius 2 is 2.00 bits per heavy atom. The number of benzene rings is 2. The van der Waals surface area contributed by atoms with Crippen molar-refractivity contribution in [3.8, 4) is 11.5 Å². The van der Waals surface area contributed by atoms with Crippen LogP contribution < -0.4 is 14.8 Å². The van der Waals surface area contributed by atoms with E-state index in [2.05, 4.69) is 31.4 Å². The Hall–Kier alpha value is -3.12. The van der Waals surface area contributed by atoms with Gasteiger partial charge in [-0.15, -0.1) is 10.2 Å². The first-order chi connectivity index (χ1) is 14.4. The summed E-state index contributed by atoms with van der Waals surface area (Å²) in [5.74, 6) is 0.596. The van der Waals surface area contributed by atoms with E-state index in [1.807, 2.05) is 0 Å². The van der Waals surface area contributed by atoms with Gasteiger partial charge >= 0.3 is 0 Å². The highest BCUT2D eigenvalue weighted by molar-refractivity contribution is 9.10. The Labute approximate surface area is 182 Å². The number of halogens is 1. The number of fused-ring (bicyclic) bond motifs is 1. The van der Waals surface area contributed by atoms with Crippen molar-refractivity contribution in [2.75, 3.05) is 18.5 Å². The first-order valence-corrected chi connectivity index (χ1v) is 10.2. The van der Waals surface area contributed by atoms with Gasteiger partial charge in [0.1, 0.15) is 19.5 Å². The Bertz CT molecular complexity index is 1150. The molecule has 0 saturated heterocycles. The highest BCUT2D eigenvalue weighted by atomic mass is 79.9. The first-order valence-electron chi connectivity index (χ1n) is 8.63. The molecule has 3 aromatic rings. The monoisotopic (exact) mass is 491 g/mol. The molecule has 1 aliphatic heterocycles. The Morgan fingerprint density at radius 3 is 2.67 bits per heavy atom. The predicted molar refractivity (Wildman–Crippen MR) is 111 cm³/mol. The third kappa shape index (κ3) is 4.09. The molecule has 0 atom stereocenters. The summed E-state index contributed by atoms with van der Waals surface area (Å²) in [6.07, 6.45) is 1.50. The van der Waals surface area contributed by atoms with Crippen LogP contribution in [-0.4, -0.2) is 38.8 Å². The van der Waals surface area contributed by atoms with E-state index in [1.165, 1.54) is 24.5 Å². The molecule has 1 aromatic heterocycles. The van der Waals surface area contributed by atoms with E-state index in [0.29, 0.717) is 44.9 Å². The second kappa shape index (κ2) is 8.32. The zero-order chi connectivity index (χ0) is 21.3. The quantitative estimate of drug-likeness (QED) is 0.423.